The van der Waals surface area contributed by atoms with Crippen LogP contribution in [0.3, 0.4) is 0 Å². The Balaban J connectivity index is 1.54. The van der Waals surface area contributed by atoms with Crippen LogP contribution in [-0.2, 0) is 9.59 Å². The number of imide groups is 1. The average molecular weight is 526 g/mol. The molecule has 0 unspecified atom stereocenters. The van der Waals surface area contributed by atoms with Gasteiger partial charge in [-0.05, 0) is 92.3 Å². The van der Waals surface area contributed by atoms with Crippen LogP contribution >= 0.6 is 0 Å². The summed E-state index contributed by atoms with van der Waals surface area (Å²) in [5.41, 5.74) is 4.86. The van der Waals surface area contributed by atoms with Gasteiger partial charge in [-0.3, -0.25) is 14.5 Å². The summed E-state index contributed by atoms with van der Waals surface area (Å²) in [5, 5.41) is 42.1. The molecule has 7 nitrogen and oxygen atoms in total. The van der Waals surface area contributed by atoms with Crippen molar-refractivity contribution in [3.8, 4) is 5.75 Å². The molecule has 38 heavy (non-hydrogen) atoms. The molecule has 4 N–H and O–H groups in total. The number of benzene rings is 1. The van der Waals surface area contributed by atoms with Gasteiger partial charge in [0.25, 0.3) is 0 Å². The van der Waals surface area contributed by atoms with Gasteiger partial charge in [-0.2, -0.15) is 0 Å². The molecule has 2 amide bonds. The number of hydrogen-bond donors (Lipinski definition) is 4. The number of phenols is 1. The van der Waals surface area contributed by atoms with Crippen molar-refractivity contribution in [2.45, 2.75) is 90.7 Å². The summed E-state index contributed by atoms with van der Waals surface area (Å²) in [6.45, 7) is 5.14. The molecular weight excluding hydrogens is 482 g/mol. The topological polar surface area (TPSA) is 118 Å². The zero-order valence-corrected chi connectivity index (χ0v) is 22.9. The first-order chi connectivity index (χ1) is 18.2. The number of allylic oxidation sites excluding steroid dienone is 1. The van der Waals surface area contributed by atoms with Crippen LogP contribution in [0.4, 0.5) is 0 Å². The minimum absolute atomic E-state index is 0.0796. The Kier molecular flexibility index (Phi) is 9.11. The Morgan fingerprint density at radius 3 is 2.32 bits per heavy atom. The normalized spacial score (nSPS) is 25.8. The molecule has 1 aromatic carbocycles. The molecule has 3 aliphatic rings. The van der Waals surface area contributed by atoms with Crippen LogP contribution in [0.5, 0.6) is 5.75 Å². The Morgan fingerprint density at radius 2 is 1.74 bits per heavy atom. The largest absolute Gasteiger partial charge is 0.507 e. The molecule has 1 saturated heterocycles. The van der Waals surface area contributed by atoms with Gasteiger partial charge >= 0.3 is 0 Å². The number of carbonyl (C=O) groups excluding carboxylic acids is 2. The monoisotopic (exact) mass is 525 g/mol. The number of rotatable bonds is 9. The summed E-state index contributed by atoms with van der Waals surface area (Å²) in [6, 6.07) is 3.79. The van der Waals surface area contributed by atoms with Gasteiger partial charge in [0.05, 0.1) is 31.2 Å². The molecule has 0 spiro atoms. The number of likely N-dealkylation sites (tertiary alicyclic amines) is 1. The molecule has 1 aromatic rings. The van der Waals surface area contributed by atoms with E-state index in [0.29, 0.717) is 29.7 Å². The molecule has 1 heterocycles. The molecule has 2 aliphatic carbocycles. The van der Waals surface area contributed by atoms with Crippen LogP contribution < -0.4 is 0 Å². The van der Waals surface area contributed by atoms with Crippen molar-refractivity contribution in [1.82, 2.24) is 4.90 Å². The summed E-state index contributed by atoms with van der Waals surface area (Å²) in [7, 11) is 0. The zero-order chi connectivity index (χ0) is 27.6. The van der Waals surface area contributed by atoms with E-state index in [1.165, 1.54) is 4.90 Å². The number of hydrogen-bond acceptors (Lipinski definition) is 6. The lowest BCUT2D eigenvalue weighted by atomic mass is 9.68. The highest BCUT2D eigenvalue weighted by Gasteiger charge is 2.56. The van der Waals surface area contributed by atoms with Gasteiger partial charge in [0, 0.05) is 12.0 Å². The highest BCUT2D eigenvalue weighted by molar-refractivity contribution is 6.06. The highest BCUT2D eigenvalue weighted by Crippen LogP contribution is 2.47. The molecule has 4 rings (SSSR count). The smallest absolute Gasteiger partial charge is 0.234 e. The second kappa shape index (κ2) is 12.1. The predicted octanol–water partition coefficient (Wildman–Crippen LogP) is 4.18. The van der Waals surface area contributed by atoms with Gasteiger partial charge in [0.1, 0.15) is 5.75 Å². The Labute approximate surface area is 225 Å². The van der Waals surface area contributed by atoms with Gasteiger partial charge in [0.15, 0.2) is 0 Å². The number of aliphatic hydroxyl groups is 3. The fourth-order valence-electron chi connectivity index (χ4n) is 6.97. The number of aryl methyl sites for hydroxylation is 2. The lowest BCUT2D eigenvalue weighted by Gasteiger charge is -2.36. The van der Waals surface area contributed by atoms with E-state index in [0.717, 1.165) is 60.8 Å². The second-order valence-electron chi connectivity index (χ2n) is 11.4. The third kappa shape index (κ3) is 5.47. The maximum absolute atomic E-state index is 13.6. The van der Waals surface area contributed by atoms with Gasteiger partial charge < -0.3 is 20.4 Å². The van der Waals surface area contributed by atoms with Crippen LogP contribution in [0.2, 0.25) is 0 Å². The second-order valence-corrected chi connectivity index (χ2v) is 11.4. The molecule has 4 atom stereocenters. The van der Waals surface area contributed by atoms with Gasteiger partial charge in [-0.25, -0.2) is 0 Å². The van der Waals surface area contributed by atoms with Gasteiger partial charge in [-0.1, -0.05) is 37.8 Å². The fraction of sp³-hybridized carbons (Fsp3) is 0.613. The molecule has 0 aromatic heterocycles. The first kappa shape index (κ1) is 28.5. The number of fused-ring (bicyclic) bond motifs is 1. The quantitative estimate of drug-likeness (QED) is 0.284. The van der Waals surface area contributed by atoms with E-state index < -0.39 is 23.9 Å². The van der Waals surface area contributed by atoms with E-state index in [9.17, 15) is 30.0 Å². The van der Waals surface area contributed by atoms with E-state index >= 15 is 0 Å². The van der Waals surface area contributed by atoms with E-state index in [4.69, 9.17) is 0 Å². The number of aromatic hydroxyl groups is 1. The van der Waals surface area contributed by atoms with Crippen molar-refractivity contribution in [2.24, 2.45) is 17.8 Å². The molecule has 0 radical (unpaired) electrons. The van der Waals surface area contributed by atoms with Gasteiger partial charge in [0.2, 0.25) is 11.8 Å². The molecule has 2 fully saturated rings. The maximum atomic E-state index is 13.6. The average Bonchev–Trinajstić information content (AvgIpc) is 3.17. The van der Waals surface area contributed by atoms with Crippen molar-refractivity contribution in [3.05, 3.63) is 45.5 Å². The van der Waals surface area contributed by atoms with Crippen LogP contribution in [0.1, 0.15) is 81.4 Å². The Hall–Kier alpha value is -2.48. The number of amides is 2. The van der Waals surface area contributed by atoms with Crippen molar-refractivity contribution < 1.29 is 30.0 Å². The summed E-state index contributed by atoms with van der Waals surface area (Å²) < 4.78 is 0. The summed E-state index contributed by atoms with van der Waals surface area (Å²) in [4.78, 5) is 28.4. The van der Waals surface area contributed by atoms with Crippen LogP contribution in [-0.4, -0.2) is 62.5 Å². The summed E-state index contributed by atoms with van der Waals surface area (Å²) >= 11 is 0. The van der Waals surface area contributed by atoms with E-state index in [2.05, 4.69) is 13.0 Å². The van der Waals surface area contributed by atoms with Crippen LogP contribution in [0.25, 0.3) is 6.08 Å². The van der Waals surface area contributed by atoms with Crippen LogP contribution in [0, 0.1) is 31.6 Å². The number of carbonyl (C=O) groups is 2. The molecule has 1 aliphatic heterocycles. The summed E-state index contributed by atoms with van der Waals surface area (Å²) in [6.07, 6.45) is 7.94. The van der Waals surface area contributed by atoms with Crippen LogP contribution in [0.15, 0.2) is 28.9 Å². The van der Waals surface area contributed by atoms with Crippen molar-refractivity contribution in [3.63, 3.8) is 0 Å². The third-order valence-electron chi connectivity index (χ3n) is 8.98. The van der Waals surface area contributed by atoms with E-state index in [-0.39, 0.29) is 37.5 Å². The highest BCUT2D eigenvalue weighted by atomic mass is 16.3. The standard InChI is InChI=1S/C31H43NO6/c1-4-20(14-21-12-18(2)29(36)19(3)13-21)10-11-26(35)27-22(16-33)15-24-28(25(27)17-34)31(38)32(30(24)37)23-8-6-5-7-9-23/h12-14,23-26,28,33-36H,4-11,15-17H2,1-3H3/b20-14+/t24-,25+,26-,28-/m1/s1. The SMILES string of the molecule is CC/C(=C\c1cc(C)c(O)c(C)c1)CC[C@@H](O)C1=C(CO)C[C@H]2C(=O)N(C3CCCCC3)C(=O)[C@H]2[C@H]1CO. The lowest BCUT2D eigenvalue weighted by molar-refractivity contribution is -0.143. The molecule has 208 valence electrons. The molecular formula is C31H43NO6. The van der Waals surface area contributed by atoms with E-state index in [1.54, 1.807) is 0 Å². The number of nitrogens with zero attached hydrogens (tertiary/aromatic N) is 1. The molecule has 7 heteroatoms. The molecule has 1 saturated carbocycles. The first-order valence-corrected chi connectivity index (χ1v) is 14.2. The van der Waals surface area contributed by atoms with Crippen molar-refractivity contribution in [1.29, 1.82) is 0 Å². The molecule has 0 bridgehead atoms. The minimum atomic E-state index is -0.930. The third-order valence-corrected chi connectivity index (χ3v) is 8.98. The predicted molar refractivity (Wildman–Crippen MR) is 146 cm³/mol. The fourth-order valence-corrected chi connectivity index (χ4v) is 6.97. The minimum Gasteiger partial charge on any atom is -0.507 e. The Morgan fingerprint density at radius 1 is 1.08 bits per heavy atom. The van der Waals surface area contributed by atoms with Crippen molar-refractivity contribution in [2.75, 3.05) is 13.2 Å². The van der Waals surface area contributed by atoms with Gasteiger partial charge in [-0.15, -0.1) is 0 Å². The van der Waals surface area contributed by atoms with E-state index in [1.807, 2.05) is 26.0 Å². The lowest BCUT2D eigenvalue weighted by Crippen LogP contribution is -2.42. The maximum Gasteiger partial charge on any atom is 0.234 e. The first-order valence-electron chi connectivity index (χ1n) is 14.2. The number of phenolic OH excluding ortho intramolecular Hbond substituents is 1. The Bertz CT molecular complexity index is 1090. The van der Waals surface area contributed by atoms with Crippen molar-refractivity contribution >= 4 is 17.9 Å². The summed E-state index contributed by atoms with van der Waals surface area (Å²) in [5.74, 6) is -2.04. The zero-order valence-electron chi connectivity index (χ0n) is 22.9. The number of aliphatic hydroxyl groups excluding tert-OH is 3.